The molecule has 3 rings (SSSR count). The number of aryl methyl sites for hydroxylation is 2. The van der Waals surface area contributed by atoms with Crippen molar-refractivity contribution in [3.63, 3.8) is 0 Å². The molecule has 6 nitrogen and oxygen atoms in total. The normalized spacial score (nSPS) is 10.7. The Morgan fingerprint density at radius 2 is 1.84 bits per heavy atom. The van der Waals surface area contributed by atoms with Gasteiger partial charge in [-0.3, -0.25) is 4.79 Å². The number of hydrogen-bond donors (Lipinski definition) is 1. The first-order valence-corrected chi connectivity index (χ1v) is 8.29. The molecular weight excluding hydrogens is 361 g/mol. The molecule has 2 aromatic carbocycles. The van der Waals surface area contributed by atoms with Gasteiger partial charge in [0.2, 0.25) is 11.7 Å². The molecule has 0 atom stereocenters. The quantitative estimate of drug-likeness (QED) is 0.750. The van der Waals surface area contributed by atoms with Gasteiger partial charge in [0.1, 0.15) is 6.54 Å². The summed E-state index contributed by atoms with van der Waals surface area (Å²) in [6.45, 7) is 3.74. The van der Waals surface area contributed by atoms with Gasteiger partial charge in [0, 0.05) is 5.56 Å². The van der Waals surface area contributed by atoms with Crippen LogP contribution >= 0.6 is 23.2 Å². The molecule has 0 saturated heterocycles. The van der Waals surface area contributed by atoms with E-state index in [4.69, 9.17) is 23.2 Å². The number of anilines is 1. The molecule has 0 saturated carbocycles. The molecule has 1 N–H and O–H groups in total. The van der Waals surface area contributed by atoms with E-state index in [1.165, 1.54) is 4.80 Å². The highest BCUT2D eigenvalue weighted by molar-refractivity contribution is 6.40. The fraction of sp³-hybridized carbons (Fsp3) is 0.176. The number of halogens is 2. The number of carbonyl (C=O) groups excluding carboxylic acids is 1. The largest absolute Gasteiger partial charge is 0.322 e. The molecular formula is C17H15Cl2N5O. The molecule has 1 aromatic heterocycles. The van der Waals surface area contributed by atoms with E-state index in [0.717, 1.165) is 16.7 Å². The van der Waals surface area contributed by atoms with Crippen molar-refractivity contribution in [2.75, 3.05) is 5.32 Å². The third-order valence-corrected chi connectivity index (χ3v) is 4.40. The average Bonchev–Trinajstić information content (AvgIpc) is 3.04. The fourth-order valence-electron chi connectivity index (χ4n) is 2.21. The summed E-state index contributed by atoms with van der Waals surface area (Å²) in [6, 6.07) is 11.2. The van der Waals surface area contributed by atoms with Crippen LogP contribution in [0.4, 0.5) is 5.69 Å². The molecule has 0 fully saturated rings. The lowest BCUT2D eigenvalue weighted by molar-refractivity contribution is -0.117. The Bertz CT molecular complexity index is 921. The Morgan fingerprint density at radius 3 is 2.56 bits per heavy atom. The predicted octanol–water partition coefficient (Wildman–Crippen LogP) is 3.90. The predicted molar refractivity (Wildman–Crippen MR) is 97.8 cm³/mol. The number of carbonyl (C=O) groups is 1. The highest BCUT2D eigenvalue weighted by Crippen LogP contribution is 2.32. The number of nitrogens with zero attached hydrogens (tertiary/aromatic N) is 4. The molecule has 0 aliphatic carbocycles. The Balaban J connectivity index is 1.72. The zero-order chi connectivity index (χ0) is 18.0. The van der Waals surface area contributed by atoms with E-state index in [1.54, 1.807) is 12.1 Å². The van der Waals surface area contributed by atoms with Crippen molar-refractivity contribution in [3.05, 3.63) is 57.6 Å². The summed E-state index contributed by atoms with van der Waals surface area (Å²) in [4.78, 5) is 13.5. The van der Waals surface area contributed by atoms with Crippen molar-refractivity contribution >= 4 is 34.8 Å². The van der Waals surface area contributed by atoms with Crippen LogP contribution in [0.5, 0.6) is 0 Å². The number of rotatable bonds is 4. The standard InChI is InChI=1S/C17H15Cl2N5O/c1-10-3-6-12(7-4-10)17-21-23-24(22-17)9-14(25)20-16-13(18)8-5-11(2)15(16)19/h3-8H,9H2,1-2H3,(H,20,25). The van der Waals surface area contributed by atoms with E-state index < -0.39 is 0 Å². The first-order chi connectivity index (χ1) is 11.9. The second kappa shape index (κ2) is 7.21. The van der Waals surface area contributed by atoms with Crippen molar-refractivity contribution in [2.45, 2.75) is 20.4 Å². The van der Waals surface area contributed by atoms with Gasteiger partial charge in [-0.25, -0.2) is 0 Å². The number of nitrogens with one attached hydrogen (secondary N) is 1. The van der Waals surface area contributed by atoms with Crippen LogP contribution in [0, 0.1) is 13.8 Å². The van der Waals surface area contributed by atoms with Crippen LogP contribution in [0.1, 0.15) is 11.1 Å². The van der Waals surface area contributed by atoms with Crippen molar-refractivity contribution < 1.29 is 4.79 Å². The van der Waals surface area contributed by atoms with E-state index in [1.807, 2.05) is 38.1 Å². The molecule has 0 aliphatic heterocycles. The van der Waals surface area contributed by atoms with Crippen LogP contribution < -0.4 is 5.32 Å². The number of aromatic nitrogens is 4. The minimum atomic E-state index is -0.345. The summed E-state index contributed by atoms with van der Waals surface area (Å²) in [5.74, 6) is 0.113. The summed E-state index contributed by atoms with van der Waals surface area (Å²) in [7, 11) is 0. The first kappa shape index (κ1) is 17.4. The number of benzene rings is 2. The summed E-state index contributed by atoms with van der Waals surface area (Å²) in [5.41, 5.74) is 3.18. The fourth-order valence-corrected chi connectivity index (χ4v) is 2.67. The Labute approximate surface area is 154 Å². The van der Waals surface area contributed by atoms with Crippen molar-refractivity contribution in [2.24, 2.45) is 0 Å². The van der Waals surface area contributed by atoms with Crippen LogP contribution in [0.3, 0.4) is 0 Å². The number of tetrazole rings is 1. The third-order valence-electron chi connectivity index (χ3n) is 3.60. The van der Waals surface area contributed by atoms with Crippen LogP contribution in [-0.4, -0.2) is 26.1 Å². The van der Waals surface area contributed by atoms with Crippen LogP contribution in [0.25, 0.3) is 11.4 Å². The maximum atomic E-state index is 12.2. The Hall–Kier alpha value is -2.44. The van der Waals surface area contributed by atoms with E-state index in [9.17, 15) is 4.79 Å². The molecule has 8 heteroatoms. The third kappa shape index (κ3) is 3.97. The van der Waals surface area contributed by atoms with Gasteiger partial charge in [-0.1, -0.05) is 59.1 Å². The van der Waals surface area contributed by atoms with Gasteiger partial charge in [0.05, 0.1) is 15.7 Å². The highest BCUT2D eigenvalue weighted by Gasteiger charge is 2.14. The Morgan fingerprint density at radius 1 is 1.12 bits per heavy atom. The molecule has 25 heavy (non-hydrogen) atoms. The van der Waals surface area contributed by atoms with Crippen LogP contribution in [0.15, 0.2) is 36.4 Å². The van der Waals surface area contributed by atoms with Gasteiger partial charge in [-0.2, -0.15) is 4.80 Å². The summed E-state index contributed by atoms with van der Waals surface area (Å²) in [5, 5.41) is 15.6. The van der Waals surface area contributed by atoms with Crippen LogP contribution in [-0.2, 0) is 11.3 Å². The van der Waals surface area contributed by atoms with E-state index in [0.29, 0.717) is 21.6 Å². The number of hydrogen-bond acceptors (Lipinski definition) is 4. The molecule has 128 valence electrons. The lowest BCUT2D eigenvalue weighted by atomic mass is 10.1. The van der Waals surface area contributed by atoms with E-state index in [-0.39, 0.29) is 12.5 Å². The molecule has 0 bridgehead atoms. The zero-order valence-corrected chi connectivity index (χ0v) is 15.1. The van der Waals surface area contributed by atoms with Gasteiger partial charge in [0.15, 0.2) is 0 Å². The molecule has 0 spiro atoms. The smallest absolute Gasteiger partial charge is 0.248 e. The first-order valence-electron chi connectivity index (χ1n) is 7.53. The Kier molecular flexibility index (Phi) is 5.01. The minimum absolute atomic E-state index is 0.0978. The van der Waals surface area contributed by atoms with E-state index >= 15 is 0 Å². The molecule has 1 heterocycles. The summed E-state index contributed by atoms with van der Waals surface area (Å²) in [6.07, 6.45) is 0. The molecule has 1 amide bonds. The summed E-state index contributed by atoms with van der Waals surface area (Å²) < 4.78 is 0. The molecule has 3 aromatic rings. The lowest BCUT2D eigenvalue weighted by Gasteiger charge is -2.10. The van der Waals surface area contributed by atoms with E-state index in [2.05, 4.69) is 20.7 Å². The maximum Gasteiger partial charge on any atom is 0.248 e. The average molecular weight is 376 g/mol. The maximum absolute atomic E-state index is 12.2. The minimum Gasteiger partial charge on any atom is -0.322 e. The summed E-state index contributed by atoms with van der Waals surface area (Å²) >= 11 is 12.3. The van der Waals surface area contributed by atoms with Gasteiger partial charge >= 0.3 is 0 Å². The second-order valence-corrected chi connectivity index (χ2v) is 6.40. The van der Waals surface area contributed by atoms with Crippen molar-refractivity contribution in [1.82, 2.24) is 20.2 Å². The highest BCUT2D eigenvalue weighted by atomic mass is 35.5. The SMILES string of the molecule is Cc1ccc(-c2nnn(CC(=O)Nc3c(Cl)ccc(C)c3Cl)n2)cc1. The van der Waals surface area contributed by atoms with Gasteiger partial charge in [-0.05, 0) is 30.7 Å². The monoisotopic (exact) mass is 375 g/mol. The zero-order valence-electron chi connectivity index (χ0n) is 13.6. The van der Waals surface area contributed by atoms with Gasteiger partial charge in [-0.15, -0.1) is 10.2 Å². The molecule has 0 radical (unpaired) electrons. The van der Waals surface area contributed by atoms with Crippen LogP contribution in [0.2, 0.25) is 10.0 Å². The second-order valence-electron chi connectivity index (χ2n) is 5.61. The van der Waals surface area contributed by atoms with Gasteiger partial charge in [0.25, 0.3) is 0 Å². The van der Waals surface area contributed by atoms with Crippen molar-refractivity contribution in [1.29, 1.82) is 0 Å². The van der Waals surface area contributed by atoms with Crippen molar-refractivity contribution in [3.8, 4) is 11.4 Å². The van der Waals surface area contributed by atoms with Gasteiger partial charge < -0.3 is 5.32 Å². The molecule has 0 aliphatic rings. The topological polar surface area (TPSA) is 72.7 Å². The lowest BCUT2D eigenvalue weighted by Crippen LogP contribution is -2.21. The number of amides is 1. The molecule has 0 unspecified atom stereocenters.